The fraction of sp³-hybridized carbons (Fsp3) is 0.625. The number of hydrogen-bond acceptors (Lipinski definition) is 3. The third-order valence-electron chi connectivity index (χ3n) is 5.93. The largest absolute Gasteiger partial charge is 0.344 e. The van der Waals surface area contributed by atoms with Gasteiger partial charge in [-0.15, -0.1) is 0 Å². The van der Waals surface area contributed by atoms with Crippen LogP contribution in [0.5, 0.6) is 0 Å². The van der Waals surface area contributed by atoms with E-state index in [9.17, 15) is 14.4 Å². The van der Waals surface area contributed by atoms with Gasteiger partial charge in [-0.05, 0) is 57.1 Å². The van der Waals surface area contributed by atoms with Crippen molar-refractivity contribution in [2.24, 2.45) is 11.8 Å². The highest BCUT2D eigenvalue weighted by atomic mass is 16.2. The Labute approximate surface area is 181 Å². The molecule has 1 atom stereocenters. The van der Waals surface area contributed by atoms with E-state index < -0.39 is 6.04 Å². The summed E-state index contributed by atoms with van der Waals surface area (Å²) in [4.78, 5) is 42.2. The Morgan fingerprint density at radius 1 is 1.10 bits per heavy atom. The Kier molecular flexibility index (Phi) is 8.88. The molecule has 1 aliphatic heterocycles. The third kappa shape index (κ3) is 6.07. The summed E-state index contributed by atoms with van der Waals surface area (Å²) < 4.78 is 0. The van der Waals surface area contributed by atoms with Crippen LogP contribution in [0.4, 0.5) is 0 Å². The maximum atomic E-state index is 13.1. The summed E-state index contributed by atoms with van der Waals surface area (Å²) in [6, 6.07) is 7.11. The normalized spacial score (nSPS) is 15.7. The van der Waals surface area contributed by atoms with E-state index in [0.29, 0.717) is 45.4 Å². The first kappa shape index (κ1) is 23.9. The van der Waals surface area contributed by atoms with Crippen LogP contribution in [-0.2, 0) is 9.59 Å². The van der Waals surface area contributed by atoms with E-state index >= 15 is 0 Å². The number of likely N-dealkylation sites (N-methyl/N-ethyl adjacent to an activating group) is 1. The van der Waals surface area contributed by atoms with E-state index in [1.807, 2.05) is 63.8 Å². The van der Waals surface area contributed by atoms with Crippen molar-refractivity contribution < 1.29 is 14.4 Å². The minimum absolute atomic E-state index is 0.0132. The van der Waals surface area contributed by atoms with Gasteiger partial charge in [0, 0.05) is 38.2 Å². The first-order chi connectivity index (χ1) is 14.3. The lowest BCUT2D eigenvalue weighted by Crippen LogP contribution is -2.55. The summed E-state index contributed by atoms with van der Waals surface area (Å²) >= 11 is 0. The van der Waals surface area contributed by atoms with E-state index in [1.165, 1.54) is 0 Å². The van der Waals surface area contributed by atoms with Crippen LogP contribution in [0.25, 0.3) is 0 Å². The van der Waals surface area contributed by atoms with Crippen molar-refractivity contribution in [3.8, 4) is 0 Å². The Morgan fingerprint density at radius 3 is 2.23 bits per heavy atom. The number of piperidine rings is 1. The average molecular weight is 416 g/mol. The summed E-state index contributed by atoms with van der Waals surface area (Å²) in [7, 11) is 0. The van der Waals surface area contributed by atoms with Gasteiger partial charge in [-0.25, -0.2) is 0 Å². The quantitative estimate of drug-likeness (QED) is 0.709. The second kappa shape index (κ2) is 11.1. The smallest absolute Gasteiger partial charge is 0.254 e. The van der Waals surface area contributed by atoms with E-state index in [-0.39, 0.29) is 29.6 Å². The molecule has 0 saturated carbocycles. The van der Waals surface area contributed by atoms with Gasteiger partial charge in [0.25, 0.3) is 5.91 Å². The lowest BCUT2D eigenvalue weighted by Gasteiger charge is -2.37. The van der Waals surface area contributed by atoms with Crippen LogP contribution in [0.15, 0.2) is 24.3 Å². The fourth-order valence-corrected chi connectivity index (χ4v) is 4.14. The number of benzene rings is 1. The summed E-state index contributed by atoms with van der Waals surface area (Å²) in [5.41, 5.74) is 1.71. The van der Waals surface area contributed by atoms with Gasteiger partial charge in [0.05, 0.1) is 0 Å². The Morgan fingerprint density at radius 2 is 1.70 bits per heavy atom. The molecule has 6 heteroatoms. The summed E-state index contributed by atoms with van der Waals surface area (Å²) in [5, 5.41) is 3.02. The zero-order valence-electron chi connectivity index (χ0n) is 19.1. The minimum atomic E-state index is -0.521. The second-order valence-electron chi connectivity index (χ2n) is 8.60. The van der Waals surface area contributed by atoms with Crippen molar-refractivity contribution >= 4 is 17.7 Å². The second-order valence-corrected chi connectivity index (χ2v) is 8.60. The number of nitrogens with zero attached hydrogens (tertiary/aromatic N) is 2. The molecule has 0 bridgehead atoms. The Balaban J connectivity index is 2.09. The van der Waals surface area contributed by atoms with Crippen LogP contribution in [0.2, 0.25) is 0 Å². The van der Waals surface area contributed by atoms with Gasteiger partial charge in [0.2, 0.25) is 11.8 Å². The van der Waals surface area contributed by atoms with Crippen molar-refractivity contribution in [2.45, 2.75) is 59.9 Å². The number of amides is 3. The lowest BCUT2D eigenvalue weighted by molar-refractivity contribution is -0.138. The standard InChI is InChI=1S/C24H37N3O3/c1-6-26(7-2)24(30)22(25-21(28)16-17(3)4)19-12-14-27(15-13-19)23(29)20-11-9-8-10-18(20)5/h8-11,17,19,22H,6-7,12-16H2,1-5H3,(H,25,28)/t22-/m0/s1. The third-order valence-corrected chi connectivity index (χ3v) is 5.93. The number of hydrogen-bond donors (Lipinski definition) is 1. The van der Waals surface area contributed by atoms with Gasteiger partial charge < -0.3 is 15.1 Å². The molecule has 1 aromatic carbocycles. The molecular formula is C24H37N3O3. The summed E-state index contributed by atoms with van der Waals surface area (Å²) in [6.07, 6.45) is 1.82. The maximum Gasteiger partial charge on any atom is 0.254 e. The van der Waals surface area contributed by atoms with Gasteiger partial charge >= 0.3 is 0 Å². The van der Waals surface area contributed by atoms with Crippen LogP contribution >= 0.6 is 0 Å². The first-order valence-electron chi connectivity index (χ1n) is 11.2. The summed E-state index contributed by atoms with van der Waals surface area (Å²) in [5.74, 6) is 0.231. The van der Waals surface area contributed by atoms with E-state index in [4.69, 9.17) is 0 Å². The maximum absolute atomic E-state index is 13.1. The highest BCUT2D eigenvalue weighted by molar-refractivity contribution is 5.95. The molecule has 0 aliphatic carbocycles. The number of carbonyl (C=O) groups is 3. The zero-order valence-corrected chi connectivity index (χ0v) is 19.1. The Hall–Kier alpha value is -2.37. The summed E-state index contributed by atoms with van der Waals surface area (Å²) in [6.45, 7) is 12.3. The number of rotatable bonds is 8. The zero-order chi connectivity index (χ0) is 22.3. The molecule has 0 radical (unpaired) electrons. The number of aryl methyl sites for hydroxylation is 1. The molecule has 1 aliphatic rings. The Bertz CT molecular complexity index is 735. The van der Waals surface area contributed by atoms with Gasteiger partial charge in [-0.1, -0.05) is 32.0 Å². The molecule has 1 fully saturated rings. The number of likely N-dealkylation sites (tertiary alicyclic amines) is 1. The van der Waals surface area contributed by atoms with Crippen LogP contribution in [0.3, 0.4) is 0 Å². The monoisotopic (exact) mass is 415 g/mol. The molecule has 1 N–H and O–H groups in total. The van der Waals surface area contributed by atoms with E-state index in [2.05, 4.69) is 5.32 Å². The highest BCUT2D eigenvalue weighted by Crippen LogP contribution is 2.24. The van der Waals surface area contributed by atoms with Gasteiger partial charge in [-0.3, -0.25) is 14.4 Å². The van der Waals surface area contributed by atoms with Crippen molar-refractivity contribution in [1.82, 2.24) is 15.1 Å². The minimum Gasteiger partial charge on any atom is -0.344 e. The molecule has 166 valence electrons. The predicted molar refractivity (Wildman–Crippen MR) is 119 cm³/mol. The van der Waals surface area contributed by atoms with Crippen molar-refractivity contribution in [2.75, 3.05) is 26.2 Å². The molecule has 1 heterocycles. The first-order valence-corrected chi connectivity index (χ1v) is 11.2. The fourth-order valence-electron chi connectivity index (χ4n) is 4.14. The van der Waals surface area contributed by atoms with Gasteiger partial charge in [0.1, 0.15) is 6.04 Å². The molecule has 30 heavy (non-hydrogen) atoms. The van der Waals surface area contributed by atoms with Crippen molar-refractivity contribution in [3.63, 3.8) is 0 Å². The van der Waals surface area contributed by atoms with Crippen LogP contribution in [0, 0.1) is 18.8 Å². The molecule has 0 aromatic heterocycles. The van der Waals surface area contributed by atoms with Gasteiger partial charge in [0.15, 0.2) is 0 Å². The molecule has 1 aromatic rings. The number of nitrogens with one attached hydrogen (secondary N) is 1. The van der Waals surface area contributed by atoms with Gasteiger partial charge in [-0.2, -0.15) is 0 Å². The molecular weight excluding hydrogens is 378 g/mol. The number of carbonyl (C=O) groups excluding carboxylic acids is 3. The molecule has 0 unspecified atom stereocenters. The highest BCUT2D eigenvalue weighted by Gasteiger charge is 2.35. The van der Waals surface area contributed by atoms with Crippen LogP contribution < -0.4 is 5.32 Å². The SMILES string of the molecule is CCN(CC)C(=O)[C@@H](NC(=O)CC(C)C)C1CCN(C(=O)c2ccccc2C)CC1. The lowest BCUT2D eigenvalue weighted by atomic mass is 9.87. The predicted octanol–water partition coefficient (Wildman–Crippen LogP) is 3.25. The molecule has 6 nitrogen and oxygen atoms in total. The molecule has 3 amide bonds. The van der Waals surface area contributed by atoms with Crippen LogP contribution in [-0.4, -0.2) is 59.7 Å². The average Bonchev–Trinajstić information content (AvgIpc) is 2.72. The van der Waals surface area contributed by atoms with E-state index in [0.717, 1.165) is 11.1 Å². The molecule has 2 rings (SSSR count). The molecule has 0 spiro atoms. The van der Waals surface area contributed by atoms with Crippen LogP contribution in [0.1, 0.15) is 62.9 Å². The van der Waals surface area contributed by atoms with Crippen molar-refractivity contribution in [3.05, 3.63) is 35.4 Å². The topological polar surface area (TPSA) is 69.7 Å². The van der Waals surface area contributed by atoms with E-state index in [1.54, 1.807) is 4.90 Å². The molecule has 1 saturated heterocycles. The van der Waals surface area contributed by atoms with Crippen molar-refractivity contribution in [1.29, 1.82) is 0 Å².